The lowest BCUT2D eigenvalue weighted by Crippen LogP contribution is -2.35. The number of hydrogen-bond donors (Lipinski definition) is 2. The van der Waals surface area contributed by atoms with Crippen molar-refractivity contribution in [1.29, 1.82) is 0 Å². The maximum absolute atomic E-state index is 10.7. The summed E-state index contributed by atoms with van der Waals surface area (Å²) in [5.41, 5.74) is 0.363. The van der Waals surface area contributed by atoms with Gasteiger partial charge in [-0.2, -0.15) is 0 Å². The fourth-order valence-electron chi connectivity index (χ4n) is 2.82. The van der Waals surface area contributed by atoms with Crippen molar-refractivity contribution < 1.29 is 10.0 Å². The van der Waals surface area contributed by atoms with Crippen LogP contribution in [0.5, 0.6) is 0 Å². The monoisotopic (exact) mass is 279 g/mol. The van der Waals surface area contributed by atoms with Gasteiger partial charge in [0.15, 0.2) is 0 Å². The molecule has 1 aliphatic rings. The Kier molecular flexibility index (Phi) is 4.54. The summed E-state index contributed by atoms with van der Waals surface area (Å²) < 4.78 is 0. The maximum Gasteiger partial charge on any atom is 0.290 e. The summed E-state index contributed by atoms with van der Waals surface area (Å²) in [6, 6.07) is 3.09. The van der Waals surface area contributed by atoms with Gasteiger partial charge in [-0.05, 0) is 25.8 Å². The minimum Gasteiger partial charge on any atom is -0.396 e. The van der Waals surface area contributed by atoms with E-state index in [2.05, 4.69) is 10.3 Å². The van der Waals surface area contributed by atoms with E-state index in [1.807, 2.05) is 0 Å². The van der Waals surface area contributed by atoms with Crippen LogP contribution in [0.2, 0.25) is 0 Å². The number of nitrogens with zero attached hydrogens (tertiary/aromatic N) is 2. The summed E-state index contributed by atoms with van der Waals surface area (Å²) in [6.45, 7) is 2.46. The van der Waals surface area contributed by atoms with E-state index in [0.29, 0.717) is 18.1 Å². The van der Waals surface area contributed by atoms with Crippen molar-refractivity contribution in [1.82, 2.24) is 4.98 Å². The van der Waals surface area contributed by atoms with E-state index in [1.165, 1.54) is 12.5 Å². The minimum absolute atomic E-state index is 0.0325. The highest BCUT2D eigenvalue weighted by Crippen LogP contribution is 2.36. The quantitative estimate of drug-likeness (QED) is 0.639. The highest BCUT2D eigenvalue weighted by atomic mass is 16.6. The van der Waals surface area contributed by atoms with Crippen LogP contribution in [0.1, 0.15) is 37.8 Å². The summed E-state index contributed by atoms with van der Waals surface area (Å²) >= 11 is 0. The molecule has 110 valence electrons. The van der Waals surface area contributed by atoms with Crippen molar-refractivity contribution >= 4 is 11.5 Å². The van der Waals surface area contributed by atoms with E-state index in [-0.39, 0.29) is 17.7 Å². The highest BCUT2D eigenvalue weighted by Gasteiger charge is 2.31. The Balaban J connectivity index is 2.03. The van der Waals surface area contributed by atoms with Gasteiger partial charge in [0.05, 0.1) is 11.5 Å². The lowest BCUT2D eigenvalue weighted by atomic mass is 9.74. The molecule has 1 aliphatic carbocycles. The predicted octanol–water partition coefficient (Wildman–Crippen LogP) is 2.65. The van der Waals surface area contributed by atoms with E-state index >= 15 is 0 Å². The number of aliphatic hydroxyl groups is 1. The minimum atomic E-state index is -0.428. The normalized spacial score (nSPS) is 17.7. The molecule has 1 heterocycles. The lowest BCUT2D eigenvalue weighted by molar-refractivity contribution is -0.385. The zero-order valence-corrected chi connectivity index (χ0v) is 11.8. The van der Waals surface area contributed by atoms with Gasteiger partial charge in [0.25, 0.3) is 5.69 Å². The summed E-state index contributed by atoms with van der Waals surface area (Å²) in [5, 5.41) is 23.6. The smallest absolute Gasteiger partial charge is 0.290 e. The second-order valence-electron chi connectivity index (χ2n) is 5.63. The van der Waals surface area contributed by atoms with Crippen LogP contribution in [0, 0.1) is 22.5 Å². The third-order valence-electron chi connectivity index (χ3n) is 4.15. The summed E-state index contributed by atoms with van der Waals surface area (Å²) in [7, 11) is 0. The molecule has 2 N–H and O–H groups in total. The van der Waals surface area contributed by atoms with E-state index in [9.17, 15) is 15.2 Å². The number of pyridine rings is 1. The second kappa shape index (κ2) is 6.17. The molecule has 6 nitrogen and oxygen atoms in total. The summed E-state index contributed by atoms with van der Waals surface area (Å²) in [6.07, 6.45) is 5.56. The molecule has 0 bridgehead atoms. The molecule has 0 aromatic carbocycles. The molecule has 0 amide bonds. The molecule has 1 saturated carbocycles. The number of hydrogen-bond acceptors (Lipinski definition) is 5. The average Bonchev–Trinajstić information content (AvgIpc) is 2.46. The first-order valence-corrected chi connectivity index (χ1v) is 7.03. The van der Waals surface area contributed by atoms with Crippen molar-refractivity contribution in [2.45, 2.75) is 39.0 Å². The van der Waals surface area contributed by atoms with Crippen LogP contribution in [-0.2, 0) is 0 Å². The van der Waals surface area contributed by atoms with Gasteiger partial charge in [0.2, 0.25) is 0 Å². The van der Waals surface area contributed by atoms with Crippen molar-refractivity contribution in [3.63, 3.8) is 0 Å². The molecule has 0 unspecified atom stereocenters. The molecule has 0 radical (unpaired) electrons. The Morgan fingerprint density at radius 2 is 2.10 bits per heavy atom. The van der Waals surface area contributed by atoms with Gasteiger partial charge in [0.1, 0.15) is 11.5 Å². The molecular weight excluding hydrogens is 258 g/mol. The number of anilines is 1. The molecule has 1 fully saturated rings. The first-order chi connectivity index (χ1) is 9.56. The molecule has 0 aliphatic heterocycles. The van der Waals surface area contributed by atoms with Gasteiger partial charge >= 0.3 is 0 Å². The van der Waals surface area contributed by atoms with Gasteiger partial charge in [-0.3, -0.25) is 10.1 Å². The number of aliphatic hydroxyl groups excluding tert-OH is 1. The topological polar surface area (TPSA) is 88.3 Å². The van der Waals surface area contributed by atoms with Gasteiger partial charge in [0, 0.05) is 18.0 Å². The van der Waals surface area contributed by atoms with Crippen molar-refractivity contribution in [2.24, 2.45) is 5.41 Å². The zero-order valence-electron chi connectivity index (χ0n) is 11.8. The fourth-order valence-corrected chi connectivity index (χ4v) is 2.82. The number of nitrogens with one attached hydrogen (secondary N) is 1. The van der Waals surface area contributed by atoms with E-state index in [1.54, 1.807) is 13.0 Å². The van der Waals surface area contributed by atoms with Gasteiger partial charge in [-0.25, -0.2) is 4.98 Å². The fraction of sp³-hybridized carbons (Fsp3) is 0.643. The number of aromatic nitrogens is 1. The predicted molar refractivity (Wildman–Crippen MR) is 76.7 cm³/mol. The molecule has 1 aromatic heterocycles. The van der Waals surface area contributed by atoms with Crippen LogP contribution in [0.15, 0.2) is 12.1 Å². The Labute approximate surface area is 118 Å². The Bertz CT molecular complexity index is 485. The number of aryl methyl sites for hydroxylation is 1. The molecular formula is C14H21N3O3. The molecule has 6 heteroatoms. The van der Waals surface area contributed by atoms with E-state index < -0.39 is 4.92 Å². The SMILES string of the molecule is Cc1nc(NCC2(CO)CCCCC2)ccc1[N+](=O)[O-]. The van der Waals surface area contributed by atoms with Crippen LogP contribution in [0.3, 0.4) is 0 Å². The van der Waals surface area contributed by atoms with Crippen molar-refractivity contribution in [3.8, 4) is 0 Å². The molecule has 0 spiro atoms. The van der Waals surface area contributed by atoms with Crippen molar-refractivity contribution in [3.05, 3.63) is 27.9 Å². The van der Waals surface area contributed by atoms with Gasteiger partial charge in [-0.15, -0.1) is 0 Å². The first kappa shape index (κ1) is 14.7. The largest absolute Gasteiger partial charge is 0.396 e. The summed E-state index contributed by atoms with van der Waals surface area (Å²) in [4.78, 5) is 14.5. The zero-order chi connectivity index (χ0) is 14.6. The standard InChI is InChI=1S/C14H21N3O3/c1-11-12(17(19)20)5-6-13(16-11)15-9-14(10-18)7-3-2-4-8-14/h5-6,18H,2-4,7-10H2,1H3,(H,15,16). The molecule has 20 heavy (non-hydrogen) atoms. The Morgan fingerprint density at radius 3 is 2.65 bits per heavy atom. The van der Waals surface area contributed by atoms with Gasteiger partial charge < -0.3 is 10.4 Å². The third-order valence-corrected chi connectivity index (χ3v) is 4.15. The van der Waals surface area contributed by atoms with Crippen LogP contribution >= 0.6 is 0 Å². The van der Waals surface area contributed by atoms with E-state index in [0.717, 1.165) is 25.7 Å². The molecule has 2 rings (SSSR count). The summed E-state index contributed by atoms with van der Waals surface area (Å²) in [5.74, 6) is 0.631. The molecule has 1 aromatic rings. The van der Waals surface area contributed by atoms with E-state index in [4.69, 9.17) is 0 Å². The highest BCUT2D eigenvalue weighted by molar-refractivity contribution is 5.44. The number of nitro groups is 1. The van der Waals surface area contributed by atoms with Crippen LogP contribution < -0.4 is 5.32 Å². The van der Waals surface area contributed by atoms with Crippen LogP contribution in [-0.4, -0.2) is 28.2 Å². The average molecular weight is 279 g/mol. The lowest BCUT2D eigenvalue weighted by Gasteiger charge is -2.35. The Hall–Kier alpha value is -1.69. The molecule has 0 saturated heterocycles. The van der Waals surface area contributed by atoms with Crippen molar-refractivity contribution in [2.75, 3.05) is 18.5 Å². The maximum atomic E-state index is 10.7. The molecule has 0 atom stereocenters. The first-order valence-electron chi connectivity index (χ1n) is 7.03. The third kappa shape index (κ3) is 3.25. The van der Waals surface area contributed by atoms with Crippen LogP contribution in [0.4, 0.5) is 11.5 Å². The number of rotatable bonds is 5. The Morgan fingerprint density at radius 1 is 1.40 bits per heavy atom. The van der Waals surface area contributed by atoms with Gasteiger partial charge in [-0.1, -0.05) is 19.3 Å². The van der Waals surface area contributed by atoms with Crippen LogP contribution in [0.25, 0.3) is 0 Å². The second-order valence-corrected chi connectivity index (χ2v) is 5.63.